The van der Waals surface area contributed by atoms with Crippen LogP contribution < -0.4 is 4.74 Å². The van der Waals surface area contributed by atoms with E-state index >= 15 is 0 Å². The standard InChI is InChI=1S/C24H27N3O5S/c1-4-31-23(28)17-21(24-25-14-15-27(24)33(29,30)26(2)3)16-19-10-12-22(13-11-19)32-18-20-8-6-5-7-9-20/h5-15,17H,4,16,18H2,1-3H3. The zero-order valence-corrected chi connectivity index (χ0v) is 19.7. The molecular weight excluding hydrogens is 442 g/mol. The Balaban J connectivity index is 1.84. The number of carbonyl (C=O) groups is 1. The monoisotopic (exact) mass is 469 g/mol. The Bertz CT molecular complexity index is 1200. The van der Waals surface area contributed by atoms with Gasteiger partial charge in [-0.2, -0.15) is 12.7 Å². The molecule has 1 aromatic heterocycles. The van der Waals surface area contributed by atoms with Crippen LogP contribution >= 0.6 is 0 Å². The number of esters is 1. The van der Waals surface area contributed by atoms with Crippen molar-refractivity contribution in [3.05, 3.63) is 90.0 Å². The molecule has 9 heteroatoms. The van der Waals surface area contributed by atoms with Crippen LogP contribution in [0.2, 0.25) is 0 Å². The summed E-state index contributed by atoms with van der Waals surface area (Å²) >= 11 is 0. The third-order valence-electron chi connectivity index (χ3n) is 4.75. The summed E-state index contributed by atoms with van der Waals surface area (Å²) in [5.74, 6) is 0.295. The van der Waals surface area contributed by atoms with Crippen LogP contribution in [0.5, 0.6) is 5.75 Å². The molecule has 0 N–H and O–H groups in total. The van der Waals surface area contributed by atoms with E-state index in [2.05, 4.69) is 4.98 Å². The molecule has 0 fully saturated rings. The summed E-state index contributed by atoms with van der Waals surface area (Å²) in [6.07, 6.45) is 4.30. The van der Waals surface area contributed by atoms with E-state index in [4.69, 9.17) is 9.47 Å². The van der Waals surface area contributed by atoms with Crippen molar-refractivity contribution in [1.29, 1.82) is 0 Å². The number of hydrogen-bond donors (Lipinski definition) is 0. The Labute approximate surface area is 194 Å². The van der Waals surface area contributed by atoms with Crippen LogP contribution in [0.1, 0.15) is 23.9 Å². The number of aromatic nitrogens is 2. The van der Waals surface area contributed by atoms with Gasteiger partial charge in [0.25, 0.3) is 0 Å². The first-order valence-electron chi connectivity index (χ1n) is 10.4. The van der Waals surface area contributed by atoms with E-state index < -0.39 is 16.2 Å². The summed E-state index contributed by atoms with van der Waals surface area (Å²) in [4.78, 5) is 16.4. The van der Waals surface area contributed by atoms with Gasteiger partial charge < -0.3 is 9.47 Å². The third-order valence-corrected chi connectivity index (χ3v) is 6.46. The molecule has 0 aliphatic rings. The van der Waals surface area contributed by atoms with Gasteiger partial charge in [0, 0.05) is 44.6 Å². The number of carbonyl (C=O) groups excluding carboxylic acids is 1. The van der Waals surface area contributed by atoms with Crippen molar-refractivity contribution in [2.75, 3.05) is 20.7 Å². The van der Waals surface area contributed by atoms with E-state index in [1.54, 1.807) is 6.92 Å². The first kappa shape index (κ1) is 24.2. The van der Waals surface area contributed by atoms with Gasteiger partial charge in [0.05, 0.1) is 6.61 Å². The summed E-state index contributed by atoms with van der Waals surface area (Å²) in [5.41, 5.74) is 2.34. The maximum atomic E-state index is 12.7. The smallest absolute Gasteiger partial charge is 0.331 e. The molecule has 0 atom stereocenters. The molecule has 1 heterocycles. The minimum absolute atomic E-state index is 0.154. The van der Waals surface area contributed by atoms with Crippen molar-refractivity contribution < 1.29 is 22.7 Å². The molecule has 2 aromatic carbocycles. The fourth-order valence-corrected chi connectivity index (χ4v) is 4.01. The molecule has 174 valence electrons. The normalized spacial score (nSPS) is 12.1. The van der Waals surface area contributed by atoms with E-state index in [1.807, 2.05) is 54.6 Å². The second-order valence-corrected chi connectivity index (χ2v) is 9.37. The Hall–Kier alpha value is -3.43. The van der Waals surface area contributed by atoms with Gasteiger partial charge in [-0.25, -0.2) is 13.8 Å². The molecule has 0 radical (unpaired) electrons. The zero-order valence-electron chi connectivity index (χ0n) is 18.8. The maximum Gasteiger partial charge on any atom is 0.331 e. The van der Waals surface area contributed by atoms with Gasteiger partial charge in [0.15, 0.2) is 5.82 Å². The minimum Gasteiger partial charge on any atom is -0.489 e. The first-order chi connectivity index (χ1) is 15.8. The molecular formula is C24H27N3O5S. The SMILES string of the molecule is CCOC(=O)C=C(Cc1ccc(OCc2ccccc2)cc1)c1nccn1S(=O)(=O)N(C)C. The average Bonchev–Trinajstić information content (AvgIpc) is 3.30. The molecule has 0 spiro atoms. The molecule has 0 bridgehead atoms. The number of ether oxygens (including phenoxy) is 2. The van der Waals surface area contributed by atoms with Gasteiger partial charge in [0.2, 0.25) is 0 Å². The number of rotatable bonds is 10. The van der Waals surface area contributed by atoms with Gasteiger partial charge >= 0.3 is 16.2 Å². The van der Waals surface area contributed by atoms with E-state index in [0.29, 0.717) is 17.9 Å². The van der Waals surface area contributed by atoms with Crippen molar-refractivity contribution in [2.24, 2.45) is 0 Å². The summed E-state index contributed by atoms with van der Waals surface area (Å²) < 4.78 is 38.4. The lowest BCUT2D eigenvalue weighted by molar-refractivity contribution is -0.137. The molecule has 3 aromatic rings. The van der Waals surface area contributed by atoms with E-state index in [1.165, 1.54) is 32.6 Å². The Morgan fingerprint density at radius 3 is 2.39 bits per heavy atom. The number of imidazole rings is 1. The third kappa shape index (κ3) is 6.30. The number of nitrogens with zero attached hydrogens (tertiary/aromatic N) is 3. The summed E-state index contributed by atoms with van der Waals surface area (Å²) in [6, 6.07) is 17.3. The highest BCUT2D eigenvalue weighted by Crippen LogP contribution is 2.23. The molecule has 0 aliphatic carbocycles. The summed E-state index contributed by atoms with van der Waals surface area (Å²) in [6.45, 7) is 2.37. The second-order valence-electron chi connectivity index (χ2n) is 7.35. The molecule has 0 unspecified atom stereocenters. The Kier molecular flexibility index (Phi) is 8.02. The minimum atomic E-state index is -3.82. The van der Waals surface area contributed by atoms with Crippen molar-refractivity contribution in [1.82, 2.24) is 13.3 Å². The van der Waals surface area contributed by atoms with Crippen molar-refractivity contribution in [2.45, 2.75) is 20.0 Å². The fourth-order valence-electron chi connectivity index (χ4n) is 3.06. The van der Waals surface area contributed by atoms with Crippen molar-refractivity contribution >= 4 is 21.8 Å². The van der Waals surface area contributed by atoms with Gasteiger partial charge in [-0.05, 0) is 30.2 Å². The van der Waals surface area contributed by atoms with Gasteiger partial charge in [-0.15, -0.1) is 0 Å². The molecule has 0 amide bonds. The molecule has 0 aliphatic heterocycles. The van der Waals surface area contributed by atoms with Crippen LogP contribution in [-0.4, -0.2) is 48.4 Å². The van der Waals surface area contributed by atoms with Crippen LogP contribution in [-0.2, 0) is 32.8 Å². The molecule has 8 nitrogen and oxygen atoms in total. The van der Waals surface area contributed by atoms with Crippen molar-refractivity contribution in [3.63, 3.8) is 0 Å². The lowest BCUT2D eigenvalue weighted by Gasteiger charge is -2.16. The average molecular weight is 470 g/mol. The Morgan fingerprint density at radius 2 is 1.76 bits per heavy atom. The predicted molar refractivity (Wildman–Crippen MR) is 126 cm³/mol. The predicted octanol–water partition coefficient (Wildman–Crippen LogP) is 3.31. The highest BCUT2D eigenvalue weighted by Gasteiger charge is 2.23. The molecule has 0 saturated heterocycles. The van der Waals surface area contributed by atoms with Crippen molar-refractivity contribution in [3.8, 4) is 5.75 Å². The second kappa shape index (κ2) is 10.9. The quantitative estimate of drug-likeness (QED) is 0.334. The largest absolute Gasteiger partial charge is 0.489 e. The Morgan fingerprint density at radius 1 is 1.06 bits per heavy atom. The van der Waals surface area contributed by atoms with Crippen LogP contribution in [0.4, 0.5) is 0 Å². The van der Waals surface area contributed by atoms with Gasteiger partial charge in [0.1, 0.15) is 12.4 Å². The molecule has 3 rings (SSSR count). The zero-order chi connectivity index (χ0) is 23.8. The fraction of sp³-hybridized carbons (Fsp3) is 0.250. The van der Waals surface area contributed by atoms with Crippen LogP contribution in [0.3, 0.4) is 0 Å². The maximum absolute atomic E-state index is 12.7. The summed E-state index contributed by atoms with van der Waals surface area (Å²) in [7, 11) is -0.950. The first-order valence-corrected chi connectivity index (χ1v) is 11.8. The van der Waals surface area contributed by atoms with Gasteiger partial charge in [-0.1, -0.05) is 42.5 Å². The van der Waals surface area contributed by atoms with E-state index in [0.717, 1.165) is 19.4 Å². The lowest BCUT2D eigenvalue weighted by Crippen LogP contribution is -2.29. The molecule has 0 saturated carbocycles. The van der Waals surface area contributed by atoms with Crippen LogP contribution in [0.25, 0.3) is 5.57 Å². The number of allylic oxidation sites excluding steroid dienone is 1. The number of hydrogen-bond acceptors (Lipinski definition) is 6. The summed E-state index contributed by atoms with van der Waals surface area (Å²) in [5, 5.41) is 0. The number of benzene rings is 2. The van der Waals surface area contributed by atoms with E-state index in [-0.39, 0.29) is 18.9 Å². The highest BCUT2D eigenvalue weighted by molar-refractivity contribution is 7.87. The lowest BCUT2D eigenvalue weighted by atomic mass is 10.0. The van der Waals surface area contributed by atoms with Gasteiger partial charge in [-0.3, -0.25) is 0 Å². The molecule has 33 heavy (non-hydrogen) atoms. The van der Waals surface area contributed by atoms with E-state index in [9.17, 15) is 13.2 Å². The topological polar surface area (TPSA) is 90.7 Å². The van der Waals surface area contributed by atoms with Crippen LogP contribution in [0, 0.1) is 0 Å². The van der Waals surface area contributed by atoms with Crippen LogP contribution in [0.15, 0.2) is 73.1 Å². The highest BCUT2D eigenvalue weighted by atomic mass is 32.2.